The van der Waals surface area contributed by atoms with Crippen LogP contribution in [0.4, 0.5) is 33.6 Å². The summed E-state index contributed by atoms with van der Waals surface area (Å²) < 4.78 is 4.71. The zero-order valence-electron chi connectivity index (χ0n) is 16.0. The number of nitrogens with one attached hydrogen (secondary N) is 4. The second-order valence-electron chi connectivity index (χ2n) is 6.21. The Labute approximate surface area is 162 Å². The van der Waals surface area contributed by atoms with Crippen LogP contribution in [0.1, 0.15) is 24.6 Å². The summed E-state index contributed by atoms with van der Waals surface area (Å²) in [5.74, 6) is 1.79. The molecule has 1 amide bonds. The maximum Gasteiger partial charge on any atom is 0.411 e. The SMILES string of the molecule is CCCc1ccc(Nc2cncc(Nc3cc(C)[nH]n3)n2)cc1NC(=O)OC. The summed E-state index contributed by atoms with van der Waals surface area (Å²) in [5.41, 5.74) is 3.46. The fourth-order valence-corrected chi connectivity index (χ4v) is 2.67. The van der Waals surface area contributed by atoms with E-state index in [0.29, 0.717) is 23.1 Å². The highest BCUT2D eigenvalue weighted by Crippen LogP contribution is 2.25. The van der Waals surface area contributed by atoms with Gasteiger partial charge in [-0.25, -0.2) is 9.78 Å². The second-order valence-corrected chi connectivity index (χ2v) is 6.21. The van der Waals surface area contributed by atoms with Crippen LogP contribution in [0.5, 0.6) is 0 Å². The molecule has 0 radical (unpaired) electrons. The van der Waals surface area contributed by atoms with Crippen LogP contribution in [0.25, 0.3) is 0 Å². The lowest BCUT2D eigenvalue weighted by atomic mass is 10.1. The van der Waals surface area contributed by atoms with Crippen molar-refractivity contribution >= 4 is 34.9 Å². The van der Waals surface area contributed by atoms with Gasteiger partial charge in [0.2, 0.25) is 0 Å². The van der Waals surface area contributed by atoms with Gasteiger partial charge in [0.05, 0.1) is 19.5 Å². The molecule has 146 valence electrons. The highest BCUT2D eigenvalue weighted by atomic mass is 16.5. The molecule has 0 atom stereocenters. The third kappa shape index (κ3) is 4.97. The van der Waals surface area contributed by atoms with Gasteiger partial charge >= 0.3 is 6.09 Å². The Kier molecular flexibility index (Phi) is 6.05. The molecular formula is C19H23N7O2. The number of carbonyl (C=O) groups is 1. The molecule has 0 spiro atoms. The molecule has 9 nitrogen and oxygen atoms in total. The zero-order chi connectivity index (χ0) is 19.9. The molecule has 0 saturated heterocycles. The van der Waals surface area contributed by atoms with Crippen molar-refractivity contribution in [3.05, 3.63) is 47.9 Å². The lowest BCUT2D eigenvalue weighted by Crippen LogP contribution is -2.13. The average Bonchev–Trinajstić information content (AvgIpc) is 3.09. The van der Waals surface area contributed by atoms with Gasteiger partial charge in [0.1, 0.15) is 0 Å². The molecule has 1 aromatic carbocycles. The van der Waals surface area contributed by atoms with Gasteiger partial charge in [-0.05, 0) is 31.0 Å². The van der Waals surface area contributed by atoms with Gasteiger partial charge in [0.15, 0.2) is 17.5 Å². The molecule has 0 bridgehead atoms. The standard InChI is InChI=1S/C19H23N7O2/c1-4-5-13-6-7-14(9-15(13)22-19(27)28-3)21-17-10-20-11-18(24-17)23-16-8-12(2)25-26-16/h6-11H,4-5H2,1-3H3,(H,22,27)(H3,21,23,24,25,26). The number of hydrogen-bond acceptors (Lipinski definition) is 7. The van der Waals surface area contributed by atoms with Gasteiger partial charge in [-0.15, -0.1) is 0 Å². The summed E-state index contributed by atoms with van der Waals surface area (Å²) in [6.45, 7) is 4.01. The topological polar surface area (TPSA) is 117 Å². The molecule has 2 aromatic heterocycles. The smallest absolute Gasteiger partial charge is 0.411 e. The summed E-state index contributed by atoms with van der Waals surface area (Å²) >= 11 is 0. The Balaban J connectivity index is 1.78. The minimum absolute atomic E-state index is 0.505. The fourth-order valence-electron chi connectivity index (χ4n) is 2.67. The maximum absolute atomic E-state index is 11.6. The number of nitrogens with zero attached hydrogens (tertiary/aromatic N) is 3. The van der Waals surface area contributed by atoms with Crippen molar-refractivity contribution < 1.29 is 9.53 Å². The van der Waals surface area contributed by atoms with E-state index in [2.05, 4.69) is 43.0 Å². The monoisotopic (exact) mass is 381 g/mol. The van der Waals surface area contributed by atoms with Gasteiger partial charge in [-0.2, -0.15) is 5.10 Å². The summed E-state index contributed by atoms with van der Waals surface area (Å²) in [4.78, 5) is 20.3. The number of carbonyl (C=O) groups excluding carboxylic acids is 1. The normalized spacial score (nSPS) is 10.4. The van der Waals surface area contributed by atoms with Gasteiger partial charge < -0.3 is 15.4 Å². The number of aromatic amines is 1. The lowest BCUT2D eigenvalue weighted by molar-refractivity contribution is 0.187. The minimum Gasteiger partial charge on any atom is -0.453 e. The quantitative estimate of drug-likeness (QED) is 0.486. The number of ether oxygens (including phenoxy) is 1. The molecule has 0 aliphatic carbocycles. The van der Waals surface area contributed by atoms with Crippen molar-refractivity contribution in [2.75, 3.05) is 23.1 Å². The summed E-state index contributed by atoms with van der Waals surface area (Å²) in [7, 11) is 1.34. The third-order valence-corrected chi connectivity index (χ3v) is 3.92. The van der Waals surface area contributed by atoms with E-state index < -0.39 is 6.09 Å². The first-order valence-corrected chi connectivity index (χ1v) is 8.93. The van der Waals surface area contributed by atoms with Crippen LogP contribution in [-0.2, 0) is 11.2 Å². The van der Waals surface area contributed by atoms with Crippen molar-refractivity contribution in [1.82, 2.24) is 20.2 Å². The summed E-state index contributed by atoms with van der Waals surface area (Å²) in [6, 6.07) is 7.63. The molecule has 0 aliphatic rings. The Morgan fingerprint density at radius 1 is 1.14 bits per heavy atom. The molecule has 9 heteroatoms. The number of amides is 1. The van der Waals surface area contributed by atoms with Crippen LogP contribution in [0.15, 0.2) is 36.7 Å². The minimum atomic E-state index is -0.505. The van der Waals surface area contributed by atoms with E-state index in [1.165, 1.54) is 7.11 Å². The fraction of sp³-hybridized carbons (Fsp3) is 0.263. The molecule has 0 aliphatic heterocycles. The largest absolute Gasteiger partial charge is 0.453 e. The highest BCUT2D eigenvalue weighted by Gasteiger charge is 2.09. The number of hydrogen-bond donors (Lipinski definition) is 4. The molecule has 4 N–H and O–H groups in total. The highest BCUT2D eigenvalue weighted by molar-refractivity contribution is 5.86. The number of H-pyrrole nitrogens is 1. The van der Waals surface area contributed by atoms with Crippen LogP contribution >= 0.6 is 0 Å². The van der Waals surface area contributed by atoms with Crippen LogP contribution in [0, 0.1) is 6.92 Å². The van der Waals surface area contributed by atoms with Crippen molar-refractivity contribution in [3.8, 4) is 0 Å². The number of benzene rings is 1. The van der Waals surface area contributed by atoms with E-state index in [1.54, 1.807) is 12.4 Å². The third-order valence-electron chi connectivity index (χ3n) is 3.92. The van der Waals surface area contributed by atoms with E-state index in [0.717, 1.165) is 29.8 Å². The molecule has 3 rings (SSSR count). The molecule has 0 unspecified atom stereocenters. The molecule has 3 aromatic rings. The van der Waals surface area contributed by atoms with Gasteiger partial charge in [0, 0.05) is 23.1 Å². The summed E-state index contributed by atoms with van der Waals surface area (Å²) in [6.07, 6.45) is 4.55. The Morgan fingerprint density at radius 3 is 2.61 bits per heavy atom. The molecule has 0 saturated carbocycles. The first-order valence-electron chi connectivity index (χ1n) is 8.93. The van der Waals surface area contributed by atoms with Crippen LogP contribution < -0.4 is 16.0 Å². The maximum atomic E-state index is 11.6. The molecule has 28 heavy (non-hydrogen) atoms. The van der Waals surface area contributed by atoms with E-state index in [-0.39, 0.29) is 0 Å². The van der Waals surface area contributed by atoms with E-state index >= 15 is 0 Å². The van der Waals surface area contributed by atoms with E-state index in [1.807, 2.05) is 31.2 Å². The first-order chi connectivity index (χ1) is 13.6. The summed E-state index contributed by atoms with van der Waals surface area (Å²) in [5, 5.41) is 16.0. The molecule has 0 fully saturated rings. The number of rotatable bonds is 7. The van der Waals surface area contributed by atoms with Gasteiger partial charge in [0.25, 0.3) is 0 Å². The predicted molar refractivity (Wildman–Crippen MR) is 108 cm³/mol. The van der Waals surface area contributed by atoms with Crippen molar-refractivity contribution in [2.45, 2.75) is 26.7 Å². The number of aromatic nitrogens is 4. The van der Waals surface area contributed by atoms with Crippen LogP contribution in [0.2, 0.25) is 0 Å². The van der Waals surface area contributed by atoms with Gasteiger partial charge in [-0.1, -0.05) is 19.4 Å². The number of anilines is 5. The second kappa shape index (κ2) is 8.85. The average molecular weight is 381 g/mol. The van der Waals surface area contributed by atoms with Crippen LogP contribution in [0.3, 0.4) is 0 Å². The Bertz CT molecular complexity index is 955. The van der Waals surface area contributed by atoms with Crippen molar-refractivity contribution in [3.63, 3.8) is 0 Å². The number of methoxy groups -OCH3 is 1. The predicted octanol–water partition coefficient (Wildman–Crippen LogP) is 4.13. The van der Waals surface area contributed by atoms with E-state index in [4.69, 9.17) is 4.74 Å². The zero-order valence-corrected chi connectivity index (χ0v) is 16.0. The molecule has 2 heterocycles. The van der Waals surface area contributed by atoms with Gasteiger partial charge in [-0.3, -0.25) is 15.4 Å². The van der Waals surface area contributed by atoms with Crippen LogP contribution in [-0.4, -0.2) is 33.4 Å². The Morgan fingerprint density at radius 2 is 1.93 bits per heavy atom. The lowest BCUT2D eigenvalue weighted by Gasteiger charge is -2.13. The number of aryl methyl sites for hydroxylation is 2. The van der Waals surface area contributed by atoms with Crippen molar-refractivity contribution in [2.24, 2.45) is 0 Å². The van der Waals surface area contributed by atoms with Crippen molar-refractivity contribution in [1.29, 1.82) is 0 Å². The first kappa shape index (κ1) is 19.2. The molecular weight excluding hydrogens is 358 g/mol. The Hall–Kier alpha value is -3.62. The van der Waals surface area contributed by atoms with E-state index in [9.17, 15) is 4.79 Å².